The fourth-order valence-corrected chi connectivity index (χ4v) is 3.62. The molecule has 0 aliphatic rings. The molecule has 1 aromatic carbocycles. The van der Waals surface area contributed by atoms with Crippen molar-refractivity contribution in [2.45, 2.75) is 13.8 Å². The third-order valence-corrected chi connectivity index (χ3v) is 5.32. The lowest BCUT2D eigenvalue weighted by molar-refractivity contribution is -0.133. The Morgan fingerprint density at radius 2 is 2.04 bits per heavy atom. The van der Waals surface area contributed by atoms with Gasteiger partial charge in [-0.15, -0.1) is 23.1 Å². The number of benzene rings is 1. The Bertz CT molecular complexity index is 729. The van der Waals surface area contributed by atoms with Crippen molar-refractivity contribution < 1.29 is 19.4 Å². The Kier molecular flexibility index (Phi) is 7.27. The lowest BCUT2D eigenvalue weighted by atomic mass is 10.2. The lowest BCUT2D eigenvalue weighted by Gasteiger charge is -2.03. The highest BCUT2D eigenvalue weighted by Gasteiger charge is 2.16. The van der Waals surface area contributed by atoms with E-state index >= 15 is 0 Å². The molecule has 0 radical (unpaired) electrons. The van der Waals surface area contributed by atoms with E-state index in [1.807, 2.05) is 38.1 Å². The van der Waals surface area contributed by atoms with E-state index in [9.17, 15) is 9.59 Å². The maximum absolute atomic E-state index is 12.3. The van der Waals surface area contributed by atoms with Gasteiger partial charge in [-0.3, -0.25) is 9.59 Å². The summed E-state index contributed by atoms with van der Waals surface area (Å²) in [7, 11) is 0. The highest BCUT2D eigenvalue weighted by atomic mass is 32.2. The fourth-order valence-electron chi connectivity index (χ4n) is 2.07. The van der Waals surface area contributed by atoms with Crippen LogP contribution in [0.3, 0.4) is 0 Å². The van der Waals surface area contributed by atoms with Crippen molar-refractivity contribution in [1.29, 1.82) is 0 Å². The molecule has 1 aromatic heterocycles. The molecule has 0 atom stereocenters. The Balaban J connectivity index is 1.96. The molecule has 134 valence electrons. The molecule has 0 spiro atoms. The summed E-state index contributed by atoms with van der Waals surface area (Å²) < 4.78 is 5.42. The molecule has 0 aliphatic heterocycles. The SMILES string of the molecule is CCOc1ccc(-c2nc(C)c(C(=O)NCCSCC(=O)O)s2)cc1. The van der Waals surface area contributed by atoms with Gasteiger partial charge in [0.2, 0.25) is 0 Å². The van der Waals surface area contributed by atoms with Crippen molar-refractivity contribution in [2.75, 3.05) is 24.7 Å². The van der Waals surface area contributed by atoms with Crippen molar-refractivity contribution in [1.82, 2.24) is 10.3 Å². The zero-order valence-electron chi connectivity index (χ0n) is 14.1. The smallest absolute Gasteiger partial charge is 0.313 e. The van der Waals surface area contributed by atoms with Crippen LogP contribution in [0, 0.1) is 6.92 Å². The number of carboxylic acid groups (broad SMARTS) is 1. The number of carbonyl (C=O) groups is 2. The first-order chi connectivity index (χ1) is 12.0. The number of thioether (sulfide) groups is 1. The summed E-state index contributed by atoms with van der Waals surface area (Å²) in [4.78, 5) is 27.8. The van der Waals surface area contributed by atoms with Crippen molar-refractivity contribution in [2.24, 2.45) is 0 Å². The van der Waals surface area contributed by atoms with Gasteiger partial charge in [-0.1, -0.05) is 0 Å². The predicted octanol–water partition coefficient (Wildman–Crippen LogP) is 3.06. The monoisotopic (exact) mass is 380 g/mol. The largest absolute Gasteiger partial charge is 0.494 e. The van der Waals surface area contributed by atoms with E-state index in [-0.39, 0.29) is 11.7 Å². The molecule has 2 N–H and O–H groups in total. The van der Waals surface area contributed by atoms with Crippen LogP contribution in [0.25, 0.3) is 10.6 Å². The summed E-state index contributed by atoms with van der Waals surface area (Å²) in [5.74, 6) is 0.369. The summed E-state index contributed by atoms with van der Waals surface area (Å²) in [5, 5.41) is 12.2. The maximum atomic E-state index is 12.3. The molecule has 1 amide bonds. The van der Waals surface area contributed by atoms with Crippen LogP contribution < -0.4 is 10.1 Å². The predicted molar refractivity (Wildman–Crippen MR) is 101 cm³/mol. The first-order valence-electron chi connectivity index (χ1n) is 7.79. The number of hydrogen-bond donors (Lipinski definition) is 2. The number of thiazole rings is 1. The van der Waals surface area contributed by atoms with Gasteiger partial charge in [0.25, 0.3) is 5.91 Å². The summed E-state index contributed by atoms with van der Waals surface area (Å²) in [6.45, 7) is 4.78. The van der Waals surface area contributed by atoms with E-state index in [1.54, 1.807) is 0 Å². The molecule has 0 bridgehead atoms. The molecule has 2 rings (SSSR count). The zero-order chi connectivity index (χ0) is 18.2. The number of ether oxygens (including phenoxy) is 1. The van der Waals surface area contributed by atoms with Crippen LogP contribution in [0.2, 0.25) is 0 Å². The standard InChI is InChI=1S/C17H20N2O4S2/c1-3-23-13-6-4-12(5-7-13)17-19-11(2)15(25-17)16(22)18-8-9-24-10-14(20)21/h4-7H,3,8-10H2,1-2H3,(H,18,22)(H,20,21). The van der Waals surface area contributed by atoms with Gasteiger partial charge in [0.05, 0.1) is 18.1 Å². The first kappa shape index (κ1) is 19.3. The van der Waals surface area contributed by atoms with Gasteiger partial charge < -0.3 is 15.2 Å². The number of rotatable bonds is 9. The molecule has 0 fully saturated rings. The van der Waals surface area contributed by atoms with Crippen LogP contribution in [-0.2, 0) is 4.79 Å². The number of aromatic nitrogens is 1. The molecule has 25 heavy (non-hydrogen) atoms. The van der Waals surface area contributed by atoms with E-state index in [0.29, 0.717) is 29.5 Å². The second-order valence-corrected chi connectivity index (χ2v) is 7.20. The summed E-state index contributed by atoms with van der Waals surface area (Å²) in [6.07, 6.45) is 0. The van der Waals surface area contributed by atoms with Gasteiger partial charge in [0.1, 0.15) is 15.6 Å². The molecule has 6 nitrogen and oxygen atoms in total. The van der Waals surface area contributed by atoms with Crippen LogP contribution in [0.4, 0.5) is 0 Å². The number of aryl methyl sites for hydroxylation is 1. The lowest BCUT2D eigenvalue weighted by Crippen LogP contribution is -2.25. The van der Waals surface area contributed by atoms with Gasteiger partial charge >= 0.3 is 5.97 Å². The molecule has 0 aliphatic carbocycles. The number of nitrogens with one attached hydrogen (secondary N) is 1. The second kappa shape index (κ2) is 9.43. The van der Waals surface area contributed by atoms with Crippen LogP contribution in [0.1, 0.15) is 22.3 Å². The summed E-state index contributed by atoms with van der Waals surface area (Å²) >= 11 is 2.62. The van der Waals surface area contributed by atoms with E-state index < -0.39 is 5.97 Å². The molecular weight excluding hydrogens is 360 g/mol. The number of carboxylic acids is 1. The van der Waals surface area contributed by atoms with E-state index in [0.717, 1.165) is 16.3 Å². The van der Waals surface area contributed by atoms with E-state index in [1.165, 1.54) is 23.1 Å². The van der Waals surface area contributed by atoms with Crippen LogP contribution in [0.15, 0.2) is 24.3 Å². The number of hydrogen-bond acceptors (Lipinski definition) is 6. The Morgan fingerprint density at radius 1 is 1.32 bits per heavy atom. The van der Waals surface area contributed by atoms with Gasteiger partial charge in [0.15, 0.2) is 0 Å². The molecule has 1 heterocycles. The summed E-state index contributed by atoms with van der Waals surface area (Å²) in [6, 6.07) is 7.62. The van der Waals surface area contributed by atoms with Gasteiger partial charge in [0, 0.05) is 17.9 Å². The van der Waals surface area contributed by atoms with Crippen LogP contribution >= 0.6 is 23.1 Å². The number of aliphatic carboxylic acids is 1. The highest BCUT2D eigenvalue weighted by molar-refractivity contribution is 7.99. The second-order valence-electron chi connectivity index (χ2n) is 5.09. The van der Waals surface area contributed by atoms with Gasteiger partial charge in [-0.25, -0.2) is 4.98 Å². The normalized spacial score (nSPS) is 10.5. The number of carbonyl (C=O) groups excluding carboxylic acids is 1. The Labute approximate surface area is 154 Å². The number of nitrogens with zero attached hydrogens (tertiary/aromatic N) is 1. The van der Waals surface area contributed by atoms with E-state index in [2.05, 4.69) is 10.3 Å². The van der Waals surface area contributed by atoms with Crippen molar-refractivity contribution in [3.63, 3.8) is 0 Å². The third-order valence-electron chi connectivity index (χ3n) is 3.17. The average Bonchev–Trinajstić information content (AvgIpc) is 2.97. The van der Waals surface area contributed by atoms with Crippen molar-refractivity contribution >= 4 is 35.0 Å². The minimum absolute atomic E-state index is 0.0390. The summed E-state index contributed by atoms with van der Waals surface area (Å²) in [5.41, 5.74) is 1.62. The molecule has 0 saturated heterocycles. The van der Waals surface area contributed by atoms with Crippen molar-refractivity contribution in [3.8, 4) is 16.3 Å². The van der Waals surface area contributed by atoms with Gasteiger partial charge in [-0.05, 0) is 38.1 Å². The molecule has 0 saturated carbocycles. The number of amides is 1. The fraction of sp³-hybridized carbons (Fsp3) is 0.353. The van der Waals surface area contributed by atoms with Gasteiger partial charge in [-0.2, -0.15) is 0 Å². The topological polar surface area (TPSA) is 88.5 Å². The minimum atomic E-state index is -0.852. The van der Waals surface area contributed by atoms with Crippen LogP contribution in [0.5, 0.6) is 5.75 Å². The maximum Gasteiger partial charge on any atom is 0.313 e. The van der Waals surface area contributed by atoms with Crippen LogP contribution in [-0.4, -0.2) is 46.6 Å². The Hall–Kier alpha value is -2.06. The first-order valence-corrected chi connectivity index (χ1v) is 9.76. The third kappa shape index (κ3) is 5.75. The molecular formula is C17H20N2O4S2. The molecule has 2 aromatic rings. The molecule has 8 heteroatoms. The average molecular weight is 380 g/mol. The Morgan fingerprint density at radius 3 is 2.68 bits per heavy atom. The molecule has 0 unspecified atom stereocenters. The highest BCUT2D eigenvalue weighted by Crippen LogP contribution is 2.29. The quantitative estimate of drug-likeness (QED) is 0.650. The minimum Gasteiger partial charge on any atom is -0.494 e. The van der Waals surface area contributed by atoms with E-state index in [4.69, 9.17) is 9.84 Å². The zero-order valence-corrected chi connectivity index (χ0v) is 15.7. The van der Waals surface area contributed by atoms with Crippen molar-refractivity contribution in [3.05, 3.63) is 34.8 Å².